The van der Waals surface area contributed by atoms with Gasteiger partial charge in [-0.2, -0.15) is 0 Å². The lowest BCUT2D eigenvalue weighted by Gasteiger charge is -2.26. The Hall–Kier alpha value is -8.39. The number of nitrogens with one attached hydrogen (secondary N) is 5. The molecule has 5 N–H and O–H groups in total. The zero-order valence-electron chi connectivity index (χ0n) is 43.1. The number of pyridine rings is 1. The summed E-state index contributed by atoms with van der Waals surface area (Å²) in [6.45, 7) is 4.20. The lowest BCUT2D eigenvalue weighted by atomic mass is 10.0. The Morgan fingerprint density at radius 2 is 1.52 bits per heavy atom. The maximum absolute atomic E-state index is 14.2. The average Bonchev–Trinajstić information content (AvgIpc) is 4.32. The van der Waals surface area contributed by atoms with E-state index in [0.29, 0.717) is 69.5 Å². The van der Waals surface area contributed by atoms with E-state index in [2.05, 4.69) is 41.5 Å². The van der Waals surface area contributed by atoms with Gasteiger partial charge in [0.2, 0.25) is 11.8 Å². The molecule has 81 heavy (non-hydrogen) atoms. The van der Waals surface area contributed by atoms with E-state index in [-0.39, 0.29) is 52.5 Å². The number of carbonyl (C=O) groups excluding carboxylic acids is 7. The van der Waals surface area contributed by atoms with E-state index in [9.17, 15) is 33.6 Å². The summed E-state index contributed by atoms with van der Waals surface area (Å²) < 4.78 is 18.0. The third-order valence-corrected chi connectivity index (χ3v) is 17.4. The van der Waals surface area contributed by atoms with Crippen molar-refractivity contribution in [3.63, 3.8) is 0 Å². The number of aryl methyl sites for hydroxylation is 1. The molecular formula is C51H44N14O10S6. The third-order valence-electron chi connectivity index (χ3n) is 11.8. The van der Waals surface area contributed by atoms with Crippen LogP contribution in [-0.4, -0.2) is 113 Å². The molecule has 10 rings (SSSR count). The van der Waals surface area contributed by atoms with Gasteiger partial charge >= 0.3 is 11.9 Å². The number of methoxy groups -OCH3 is 1. The number of nitrogens with zero attached hydrogens (tertiary/aromatic N) is 9. The Morgan fingerprint density at radius 3 is 2.30 bits per heavy atom. The largest absolute Gasteiger partial charge is 0.461 e. The van der Waals surface area contributed by atoms with E-state index in [4.69, 9.17) is 39.1 Å². The molecule has 0 radical (unpaired) electrons. The number of imidazole rings is 1. The van der Waals surface area contributed by atoms with Crippen LogP contribution in [0.3, 0.4) is 0 Å². The van der Waals surface area contributed by atoms with Gasteiger partial charge in [-0.1, -0.05) is 41.7 Å². The van der Waals surface area contributed by atoms with Gasteiger partial charge in [0, 0.05) is 59.2 Å². The number of amides is 5. The summed E-state index contributed by atoms with van der Waals surface area (Å²) in [5.41, 5.74) is 2.74. The first kappa shape index (κ1) is 55.9. The SMILES string of the molecule is CCOC(=O)c1cn(-c2csc(-c3ccc4c(n3)-c3csc(n3)-c3csc(n3)[C@H]([C@@H](OC(C)=O)c3ccccc3)NC(=O)CNC(=O)c3nc(sc3COC)NC(=O)c3nc(sc3C)[C@H](CC(=O)NC)NC(=O)c3csc-4n3)n2)cn1. The second-order valence-corrected chi connectivity index (χ2v) is 23.1. The summed E-state index contributed by atoms with van der Waals surface area (Å²) in [6.07, 6.45) is 1.68. The molecule has 9 aromatic rings. The number of fused-ring (bicyclic) bond motifs is 14. The molecule has 1 aromatic carbocycles. The molecule has 0 saturated heterocycles. The van der Waals surface area contributed by atoms with E-state index in [1.165, 1.54) is 79.0 Å². The number of anilines is 1. The van der Waals surface area contributed by atoms with E-state index >= 15 is 0 Å². The molecule has 0 unspecified atom stereocenters. The minimum Gasteiger partial charge on any atom is -0.461 e. The minimum absolute atomic E-state index is 0.0154. The lowest BCUT2D eigenvalue weighted by Crippen LogP contribution is -2.41. The molecule has 0 fully saturated rings. The van der Waals surface area contributed by atoms with Crippen molar-refractivity contribution in [2.24, 2.45) is 0 Å². The first-order valence-corrected chi connectivity index (χ1v) is 29.5. The summed E-state index contributed by atoms with van der Waals surface area (Å²) in [7, 11) is 2.88. The number of aromatic nitrogens is 9. The van der Waals surface area contributed by atoms with E-state index in [0.717, 1.165) is 22.7 Å². The van der Waals surface area contributed by atoms with Crippen LogP contribution in [-0.2, 0) is 35.2 Å². The van der Waals surface area contributed by atoms with Crippen LogP contribution in [0.25, 0.3) is 49.2 Å². The second kappa shape index (κ2) is 24.5. The third kappa shape index (κ3) is 12.5. The highest BCUT2D eigenvalue weighted by Gasteiger charge is 2.34. The van der Waals surface area contributed by atoms with Crippen LogP contribution in [0, 0.1) is 6.92 Å². The maximum Gasteiger partial charge on any atom is 0.358 e. The molecule has 9 heterocycles. The number of benzene rings is 1. The topological polar surface area (TPSA) is 315 Å². The van der Waals surface area contributed by atoms with Gasteiger partial charge in [-0.05, 0) is 31.5 Å². The Labute approximate surface area is 483 Å². The number of carbonyl (C=O) groups is 7. The number of hydrogen-bond acceptors (Lipinski definition) is 24. The fourth-order valence-corrected chi connectivity index (χ4v) is 13.3. The van der Waals surface area contributed by atoms with Crippen LogP contribution in [0.5, 0.6) is 0 Å². The van der Waals surface area contributed by atoms with Gasteiger partial charge in [-0.15, -0.1) is 56.7 Å². The monoisotopic (exact) mass is 1200 g/mol. The summed E-state index contributed by atoms with van der Waals surface area (Å²) in [5.74, 6) is -3.85. The maximum atomic E-state index is 14.2. The van der Waals surface area contributed by atoms with Gasteiger partial charge in [0.15, 0.2) is 16.9 Å². The molecule has 30 heteroatoms. The van der Waals surface area contributed by atoms with Crippen molar-refractivity contribution in [1.82, 2.24) is 65.7 Å². The van der Waals surface area contributed by atoms with Crippen molar-refractivity contribution in [2.45, 2.75) is 52.0 Å². The highest BCUT2D eigenvalue weighted by molar-refractivity contribution is 7.16. The zero-order valence-corrected chi connectivity index (χ0v) is 48.0. The van der Waals surface area contributed by atoms with Crippen molar-refractivity contribution >= 4 is 115 Å². The first-order chi connectivity index (χ1) is 39.2. The molecule has 5 amide bonds. The van der Waals surface area contributed by atoms with Crippen molar-refractivity contribution < 1.29 is 47.8 Å². The average molecular weight is 1210 g/mol. The molecule has 1 aliphatic rings. The van der Waals surface area contributed by atoms with Crippen molar-refractivity contribution in [3.05, 3.63) is 125 Å². The summed E-state index contributed by atoms with van der Waals surface area (Å²) in [6, 6.07) is 10.3. The second-order valence-electron chi connectivity index (χ2n) is 17.3. The van der Waals surface area contributed by atoms with Crippen LogP contribution in [0.15, 0.2) is 76.5 Å². The van der Waals surface area contributed by atoms with Crippen molar-refractivity contribution in [1.29, 1.82) is 0 Å². The minimum atomic E-state index is -1.08. The first-order valence-electron chi connectivity index (χ1n) is 24.3. The van der Waals surface area contributed by atoms with Crippen LogP contribution < -0.4 is 26.6 Å². The van der Waals surface area contributed by atoms with Crippen LogP contribution in [0.2, 0.25) is 0 Å². The molecule has 3 atom stereocenters. The van der Waals surface area contributed by atoms with Gasteiger partial charge < -0.3 is 35.5 Å². The molecule has 24 nitrogen and oxygen atoms in total. The number of rotatable bonds is 11. The van der Waals surface area contributed by atoms with E-state index in [1.54, 1.807) is 82.4 Å². The van der Waals surface area contributed by atoms with Gasteiger partial charge in [0.05, 0.1) is 42.8 Å². The van der Waals surface area contributed by atoms with E-state index < -0.39 is 66.2 Å². The summed E-state index contributed by atoms with van der Waals surface area (Å²) in [5, 5.41) is 22.6. The van der Waals surface area contributed by atoms with Crippen LogP contribution in [0.1, 0.15) is 106 Å². The van der Waals surface area contributed by atoms with E-state index in [1.807, 2.05) is 0 Å². The lowest BCUT2D eigenvalue weighted by molar-refractivity contribution is -0.149. The number of esters is 2. The molecule has 10 bridgehead atoms. The zero-order chi connectivity index (χ0) is 56.9. The normalized spacial score (nSPS) is 15.2. The van der Waals surface area contributed by atoms with Crippen LogP contribution in [0.4, 0.5) is 5.13 Å². The fraction of sp³-hybridized carbons (Fsp3) is 0.235. The molecule has 1 aliphatic heterocycles. The molecular weight excluding hydrogens is 1160 g/mol. The van der Waals surface area contributed by atoms with Crippen molar-refractivity contribution in [3.8, 4) is 49.2 Å². The van der Waals surface area contributed by atoms with Gasteiger partial charge in [0.1, 0.15) is 77.4 Å². The summed E-state index contributed by atoms with van der Waals surface area (Å²) in [4.78, 5) is 133. The molecule has 0 saturated carbocycles. The summed E-state index contributed by atoms with van der Waals surface area (Å²) >= 11 is 7.01. The van der Waals surface area contributed by atoms with Crippen molar-refractivity contribution in [2.75, 3.05) is 32.6 Å². The molecule has 414 valence electrons. The number of thiazole rings is 6. The Kier molecular flexibility index (Phi) is 16.9. The smallest absolute Gasteiger partial charge is 0.358 e. The highest BCUT2D eigenvalue weighted by atomic mass is 32.1. The Balaban J connectivity index is 1.07. The Morgan fingerprint density at radius 1 is 0.765 bits per heavy atom. The highest BCUT2D eigenvalue weighted by Crippen LogP contribution is 2.40. The molecule has 8 aromatic heterocycles. The van der Waals surface area contributed by atoms with Crippen LogP contribution >= 0.6 is 68.0 Å². The standard InChI is InChI=1S/C51H44N14O10S6/c1-6-74-50(72)29-16-65(22-54-29)34-21-79-46(60-34)27-13-12-26-38(55-27)30-18-77-47(57-30)32-20-78-49(59-32)40(41(75-24(3)66)25-10-8-7-9-11-25)61-36(68)15-53-43(70)39-33(17-73-5)81-51(63-39)64-44(71)37-23(2)80-48(62-37)28(14-35(67)52-4)56-42(69)31-19-76-45(26)58-31/h7-13,16,18-22,28,40-41H,6,14-15,17H2,1-5H3,(H,52,67)(H,53,70)(H,56,69)(H,61,68)(H,63,64,71)/t28-,40-,41-/m0/s1. The van der Waals surface area contributed by atoms with Gasteiger partial charge in [-0.3, -0.25) is 38.7 Å². The predicted molar refractivity (Wildman–Crippen MR) is 302 cm³/mol. The molecule has 0 spiro atoms. The fourth-order valence-electron chi connectivity index (χ4n) is 8.09. The number of hydrogen-bond donors (Lipinski definition) is 5. The quantitative estimate of drug-likeness (QED) is 0.0789. The van der Waals surface area contributed by atoms with Gasteiger partial charge in [-0.25, -0.2) is 44.7 Å². The Bertz CT molecular complexity index is 3860. The number of ether oxygens (including phenoxy) is 3. The molecule has 0 aliphatic carbocycles. The predicted octanol–water partition coefficient (Wildman–Crippen LogP) is 7.37. The van der Waals surface area contributed by atoms with Gasteiger partial charge in [0.25, 0.3) is 17.7 Å².